The molecule has 0 radical (unpaired) electrons. The first-order chi connectivity index (χ1) is 11.1. The Hall–Kier alpha value is -3.22. The lowest BCUT2D eigenvalue weighted by Crippen LogP contribution is -1.93. The van der Waals surface area contributed by atoms with Crippen LogP contribution in [0.4, 0.5) is 5.69 Å². The number of nitro groups is 1. The fraction of sp³-hybridized carbons (Fsp3) is 0.125. The number of rotatable bonds is 4. The van der Waals surface area contributed by atoms with E-state index in [1.165, 1.54) is 6.07 Å². The molecule has 23 heavy (non-hydrogen) atoms. The van der Waals surface area contributed by atoms with E-state index < -0.39 is 4.92 Å². The Balaban J connectivity index is 2.02. The van der Waals surface area contributed by atoms with E-state index >= 15 is 0 Å². The molecule has 0 bridgehead atoms. The van der Waals surface area contributed by atoms with Crippen LogP contribution in [0, 0.1) is 17.0 Å². The van der Waals surface area contributed by atoms with E-state index in [1.54, 1.807) is 32.2 Å². The number of nitro benzene ring substituents is 1. The minimum Gasteiger partial charge on any atom is -0.497 e. The molecule has 7 nitrogen and oxygen atoms in total. The second-order valence-corrected chi connectivity index (χ2v) is 4.86. The smallest absolute Gasteiger partial charge is 0.273 e. The summed E-state index contributed by atoms with van der Waals surface area (Å²) in [5.74, 6) is 1.31. The summed E-state index contributed by atoms with van der Waals surface area (Å²) < 4.78 is 10.4. The van der Waals surface area contributed by atoms with Gasteiger partial charge in [0.2, 0.25) is 5.82 Å². The van der Waals surface area contributed by atoms with Gasteiger partial charge in [0.05, 0.1) is 12.0 Å². The quantitative estimate of drug-likeness (QED) is 0.539. The topological polar surface area (TPSA) is 91.3 Å². The fourth-order valence-corrected chi connectivity index (χ4v) is 2.27. The molecule has 0 aliphatic heterocycles. The van der Waals surface area contributed by atoms with Crippen LogP contribution >= 0.6 is 0 Å². The van der Waals surface area contributed by atoms with Crippen molar-refractivity contribution >= 4 is 5.69 Å². The zero-order valence-corrected chi connectivity index (χ0v) is 12.5. The lowest BCUT2D eigenvalue weighted by atomic mass is 10.1. The van der Waals surface area contributed by atoms with Crippen LogP contribution in [0.25, 0.3) is 22.8 Å². The van der Waals surface area contributed by atoms with Crippen molar-refractivity contribution in [1.82, 2.24) is 10.1 Å². The van der Waals surface area contributed by atoms with Gasteiger partial charge in [0.1, 0.15) is 5.75 Å². The second-order valence-electron chi connectivity index (χ2n) is 4.86. The van der Waals surface area contributed by atoms with Gasteiger partial charge in [-0.15, -0.1) is 0 Å². The summed E-state index contributed by atoms with van der Waals surface area (Å²) in [6, 6.07) is 12.0. The molecule has 7 heteroatoms. The molecule has 3 rings (SSSR count). The van der Waals surface area contributed by atoms with Crippen LogP contribution < -0.4 is 4.74 Å². The van der Waals surface area contributed by atoms with Crippen LogP contribution in [0.5, 0.6) is 5.75 Å². The van der Waals surface area contributed by atoms with Gasteiger partial charge >= 0.3 is 0 Å². The van der Waals surface area contributed by atoms with Crippen molar-refractivity contribution in [2.75, 3.05) is 7.11 Å². The van der Waals surface area contributed by atoms with Crippen LogP contribution in [-0.2, 0) is 0 Å². The van der Waals surface area contributed by atoms with Gasteiger partial charge in [0, 0.05) is 22.8 Å². The normalized spacial score (nSPS) is 10.5. The molecule has 0 spiro atoms. The second kappa shape index (κ2) is 5.88. The summed E-state index contributed by atoms with van der Waals surface area (Å²) in [5, 5.41) is 15.0. The standard InChI is InChI=1S/C16H13N3O4/c1-10-13(7-4-8-14(10)19(20)21)16-17-15(18-23-16)11-5-3-6-12(9-11)22-2/h3-9H,1-2H3. The highest BCUT2D eigenvalue weighted by atomic mass is 16.6. The Labute approximate surface area is 131 Å². The molecule has 0 saturated heterocycles. The summed E-state index contributed by atoms with van der Waals surface area (Å²) >= 11 is 0. The van der Waals surface area contributed by atoms with Crippen LogP contribution in [0.3, 0.4) is 0 Å². The van der Waals surface area contributed by atoms with E-state index in [4.69, 9.17) is 9.26 Å². The van der Waals surface area contributed by atoms with Gasteiger partial charge in [-0.25, -0.2) is 0 Å². The number of aromatic nitrogens is 2. The Kier molecular flexibility index (Phi) is 3.76. The monoisotopic (exact) mass is 311 g/mol. The van der Waals surface area contributed by atoms with E-state index in [9.17, 15) is 10.1 Å². The summed E-state index contributed by atoms with van der Waals surface area (Å²) in [6.45, 7) is 1.66. The molecule has 0 aliphatic rings. The molecule has 1 heterocycles. The van der Waals surface area contributed by atoms with Gasteiger partial charge in [0.15, 0.2) is 0 Å². The van der Waals surface area contributed by atoms with Crippen molar-refractivity contribution in [3.05, 3.63) is 58.1 Å². The molecule has 0 aliphatic carbocycles. The Morgan fingerprint density at radius 2 is 2.00 bits per heavy atom. The van der Waals surface area contributed by atoms with Gasteiger partial charge in [0.25, 0.3) is 11.6 Å². The van der Waals surface area contributed by atoms with Gasteiger partial charge in [-0.3, -0.25) is 10.1 Å². The largest absolute Gasteiger partial charge is 0.497 e. The average molecular weight is 311 g/mol. The zero-order valence-electron chi connectivity index (χ0n) is 12.5. The van der Waals surface area contributed by atoms with E-state index in [-0.39, 0.29) is 11.6 Å². The van der Waals surface area contributed by atoms with Crippen LogP contribution in [0.2, 0.25) is 0 Å². The highest BCUT2D eigenvalue weighted by Crippen LogP contribution is 2.30. The van der Waals surface area contributed by atoms with Crippen LogP contribution in [0.1, 0.15) is 5.56 Å². The molecule has 0 saturated carbocycles. The molecule has 0 amide bonds. The molecular formula is C16H13N3O4. The minimum absolute atomic E-state index is 0.0173. The molecule has 1 aromatic heterocycles. The first-order valence-corrected chi connectivity index (χ1v) is 6.82. The molecule has 2 aromatic carbocycles. The average Bonchev–Trinajstić information content (AvgIpc) is 3.04. The predicted octanol–water partition coefficient (Wildman–Crippen LogP) is 3.63. The summed E-state index contributed by atoms with van der Waals surface area (Å²) in [4.78, 5) is 14.9. The van der Waals surface area contributed by atoms with Crippen molar-refractivity contribution in [1.29, 1.82) is 0 Å². The highest BCUT2D eigenvalue weighted by molar-refractivity contribution is 5.66. The number of hydrogen-bond donors (Lipinski definition) is 0. The van der Waals surface area contributed by atoms with Gasteiger partial charge in [-0.1, -0.05) is 23.4 Å². The fourth-order valence-electron chi connectivity index (χ4n) is 2.27. The van der Waals surface area contributed by atoms with Crippen LogP contribution in [0.15, 0.2) is 47.0 Å². The van der Waals surface area contributed by atoms with Crippen LogP contribution in [-0.4, -0.2) is 22.2 Å². The molecule has 116 valence electrons. The molecular weight excluding hydrogens is 298 g/mol. The SMILES string of the molecule is COc1cccc(-c2noc(-c3cccc([N+](=O)[O-])c3C)n2)c1. The third-order valence-corrected chi connectivity index (χ3v) is 3.49. The number of ether oxygens (including phenoxy) is 1. The van der Waals surface area contributed by atoms with Crippen molar-refractivity contribution in [3.63, 3.8) is 0 Å². The van der Waals surface area contributed by atoms with Gasteiger partial charge < -0.3 is 9.26 Å². The molecule has 0 fully saturated rings. The zero-order chi connectivity index (χ0) is 16.4. The number of methoxy groups -OCH3 is 1. The highest BCUT2D eigenvalue weighted by Gasteiger charge is 2.19. The van der Waals surface area contributed by atoms with E-state index in [0.29, 0.717) is 22.7 Å². The first kappa shape index (κ1) is 14.7. The minimum atomic E-state index is -0.432. The predicted molar refractivity (Wildman–Crippen MR) is 83.1 cm³/mol. The maximum absolute atomic E-state index is 11.0. The Morgan fingerprint density at radius 1 is 1.22 bits per heavy atom. The lowest BCUT2D eigenvalue weighted by Gasteiger charge is -2.01. The number of nitrogens with zero attached hydrogens (tertiary/aromatic N) is 3. The number of hydrogen-bond acceptors (Lipinski definition) is 6. The van der Waals surface area contributed by atoms with Crippen molar-refractivity contribution < 1.29 is 14.2 Å². The number of benzene rings is 2. The molecule has 0 N–H and O–H groups in total. The first-order valence-electron chi connectivity index (χ1n) is 6.82. The van der Waals surface area contributed by atoms with Gasteiger partial charge in [-0.05, 0) is 25.1 Å². The Bertz CT molecular complexity index is 873. The van der Waals surface area contributed by atoms with E-state index in [0.717, 1.165) is 5.56 Å². The third kappa shape index (κ3) is 2.76. The lowest BCUT2D eigenvalue weighted by molar-refractivity contribution is -0.385. The van der Waals surface area contributed by atoms with Crippen molar-refractivity contribution in [2.24, 2.45) is 0 Å². The third-order valence-electron chi connectivity index (χ3n) is 3.49. The molecule has 3 aromatic rings. The summed E-state index contributed by atoms with van der Waals surface area (Å²) in [7, 11) is 1.58. The van der Waals surface area contributed by atoms with E-state index in [1.807, 2.05) is 18.2 Å². The molecule has 0 unspecified atom stereocenters. The van der Waals surface area contributed by atoms with Gasteiger partial charge in [-0.2, -0.15) is 4.98 Å². The van der Waals surface area contributed by atoms with E-state index in [2.05, 4.69) is 10.1 Å². The molecule has 0 atom stereocenters. The van der Waals surface area contributed by atoms with Crippen molar-refractivity contribution in [3.8, 4) is 28.6 Å². The summed E-state index contributed by atoms with van der Waals surface area (Å²) in [6.07, 6.45) is 0. The maximum Gasteiger partial charge on any atom is 0.273 e. The maximum atomic E-state index is 11.0. The van der Waals surface area contributed by atoms with Crippen molar-refractivity contribution in [2.45, 2.75) is 6.92 Å². The summed E-state index contributed by atoms with van der Waals surface area (Å²) in [5.41, 5.74) is 1.78. The Morgan fingerprint density at radius 3 is 2.74 bits per heavy atom.